The highest BCUT2D eigenvalue weighted by Gasteiger charge is 2.69. The zero-order valence-electron chi connectivity index (χ0n) is 26.6. The Morgan fingerprint density at radius 3 is 2.48 bits per heavy atom. The van der Waals surface area contributed by atoms with E-state index in [4.69, 9.17) is 13.6 Å². The number of hydrogen-bond donors (Lipinski definition) is 1. The number of nitrogens with zero attached hydrogens (tertiary/aromatic N) is 6. The predicted molar refractivity (Wildman–Crippen MR) is 182 cm³/mol. The number of phosphoric acid groups is 1. The minimum absolute atomic E-state index is 0.0625. The number of aromatic nitrogens is 5. The van der Waals surface area contributed by atoms with Crippen LogP contribution in [0.4, 0.5) is 5.82 Å². The van der Waals surface area contributed by atoms with Crippen LogP contribution in [0.3, 0.4) is 0 Å². The molecule has 1 unspecified atom stereocenters. The summed E-state index contributed by atoms with van der Waals surface area (Å²) >= 11 is 4.76. The fraction of sp³-hybridized carbons (Fsp3) is 0.387. The van der Waals surface area contributed by atoms with Crippen molar-refractivity contribution in [1.29, 1.82) is 0 Å². The van der Waals surface area contributed by atoms with Gasteiger partial charge in [-0.3, -0.25) is 32.6 Å². The monoisotopic (exact) mass is 757 g/mol. The third-order valence-electron chi connectivity index (χ3n) is 7.95. The maximum atomic E-state index is 14.2. The zero-order chi connectivity index (χ0) is 34.2. The molecule has 0 bridgehead atoms. The van der Waals surface area contributed by atoms with Crippen LogP contribution in [0.5, 0.6) is 0 Å². The Morgan fingerprint density at radius 2 is 1.81 bits per heavy atom. The summed E-state index contributed by atoms with van der Waals surface area (Å²) in [5.41, 5.74) is 2.37. The van der Waals surface area contributed by atoms with E-state index < -0.39 is 29.9 Å². The molecule has 0 radical (unpaired) electrons. The van der Waals surface area contributed by atoms with Crippen LogP contribution in [0.25, 0.3) is 22.0 Å². The van der Waals surface area contributed by atoms with E-state index in [1.165, 1.54) is 28.3 Å². The number of benzene rings is 1. The van der Waals surface area contributed by atoms with Crippen LogP contribution < -0.4 is 5.32 Å². The van der Waals surface area contributed by atoms with E-state index in [0.29, 0.717) is 27.1 Å². The largest absolute Gasteiger partial charge is 0.474 e. The van der Waals surface area contributed by atoms with Gasteiger partial charge in [0.15, 0.2) is 5.78 Å². The molecule has 17 heteroatoms. The van der Waals surface area contributed by atoms with Gasteiger partial charge in [-0.25, -0.2) is 19.5 Å². The van der Waals surface area contributed by atoms with Gasteiger partial charge in [0, 0.05) is 30.3 Å². The summed E-state index contributed by atoms with van der Waals surface area (Å²) < 4.78 is 30.7. The number of likely N-dealkylation sites (tertiary alicyclic amines) is 1. The minimum Gasteiger partial charge on any atom is -0.315 e. The van der Waals surface area contributed by atoms with Gasteiger partial charge in [-0.1, -0.05) is 12.1 Å². The van der Waals surface area contributed by atoms with E-state index in [0.717, 1.165) is 11.1 Å². The number of nitrogens with one attached hydrogen (secondary N) is 1. The number of carbonyl (C=O) groups excluding carboxylic acids is 3. The molecule has 252 valence electrons. The molecular formula is C31H33BrN7O7PS. The Morgan fingerprint density at radius 1 is 1.08 bits per heavy atom. The molecule has 3 atom stereocenters. The number of carbonyl (C=O) groups is 3. The van der Waals surface area contributed by atoms with E-state index in [1.807, 2.05) is 12.1 Å². The second kappa shape index (κ2) is 13.8. The number of hydrogen-bond acceptors (Lipinski definition) is 12. The molecule has 1 aromatic carbocycles. The highest BCUT2D eigenvalue weighted by atomic mass is 79.9. The highest BCUT2D eigenvalue weighted by molar-refractivity contribution is 9.10. The van der Waals surface area contributed by atoms with Crippen LogP contribution in [0.2, 0.25) is 0 Å². The lowest BCUT2D eigenvalue weighted by Gasteiger charge is -2.26. The number of amides is 2. The number of rotatable bonds is 13. The van der Waals surface area contributed by atoms with Gasteiger partial charge in [-0.2, -0.15) is 5.10 Å². The summed E-state index contributed by atoms with van der Waals surface area (Å²) in [4.78, 5) is 54.9. The number of Topliss-reactive ketones (excluding diaryl/α,β-unsaturated/α-hetero) is 1. The van der Waals surface area contributed by atoms with Crippen LogP contribution in [0.15, 0.2) is 53.4 Å². The van der Waals surface area contributed by atoms with Gasteiger partial charge in [-0.05, 0) is 73.0 Å². The lowest BCUT2D eigenvalue weighted by atomic mass is 10.0. The molecule has 1 N–H and O–H groups in total. The van der Waals surface area contributed by atoms with Crippen LogP contribution in [-0.4, -0.2) is 83.2 Å². The second-order valence-electron chi connectivity index (χ2n) is 11.3. The van der Waals surface area contributed by atoms with Crippen LogP contribution >= 0.6 is 35.5 Å². The van der Waals surface area contributed by atoms with E-state index in [-0.39, 0.29) is 50.2 Å². The molecule has 3 aromatic heterocycles. The number of pyridine rings is 1. The molecule has 6 rings (SSSR count). The van der Waals surface area contributed by atoms with Crippen molar-refractivity contribution in [3.8, 4) is 11.1 Å². The van der Waals surface area contributed by atoms with Crippen molar-refractivity contribution in [2.45, 2.75) is 56.8 Å². The average Bonchev–Trinajstić information content (AvgIpc) is 3.47. The lowest BCUT2D eigenvalue weighted by Crippen LogP contribution is -2.46. The number of aryl methyl sites for hydroxylation is 1. The molecule has 5 heterocycles. The normalized spacial score (nSPS) is 20.1. The maximum absolute atomic E-state index is 14.2. The Hall–Kier alpha value is -3.53. The number of thioether (sulfide) groups is 1. The summed E-state index contributed by atoms with van der Waals surface area (Å²) in [7, 11) is -3.84. The Balaban J connectivity index is 1.29. The van der Waals surface area contributed by atoms with Gasteiger partial charge in [0.05, 0.1) is 35.5 Å². The molecule has 0 aliphatic carbocycles. The smallest absolute Gasteiger partial charge is 0.315 e. The van der Waals surface area contributed by atoms with E-state index in [2.05, 4.69) is 41.3 Å². The predicted octanol–water partition coefficient (Wildman–Crippen LogP) is 5.41. The first-order valence-electron chi connectivity index (χ1n) is 15.2. The standard InChI is InChI=1S/C31H33BrN7O7PS/c1-5-44-47(43,45-6-2)46-17-31-13-24(29(42)36-26-9-7-8-25(32)35-26)39(30(31)48-31)27(41)16-38-23-11-10-20(21-14-33-19(4)34-15-21)12-22(23)28(37-38)18(3)40/h7-12,14-15,24,30H,5-6,13,16-17H2,1-4H3,(H,35,36,42)/t24?,30-,31+/m1/s1. The van der Waals surface area contributed by atoms with Gasteiger partial charge in [0.1, 0.15) is 34.5 Å². The van der Waals surface area contributed by atoms with Crippen LogP contribution in [0.1, 0.15) is 43.5 Å². The van der Waals surface area contributed by atoms with Gasteiger partial charge in [-0.15, -0.1) is 11.8 Å². The lowest BCUT2D eigenvalue weighted by molar-refractivity contribution is -0.137. The van der Waals surface area contributed by atoms with E-state index in [9.17, 15) is 18.9 Å². The molecule has 4 aromatic rings. The third kappa shape index (κ3) is 6.96. The first-order valence-corrected chi connectivity index (χ1v) is 18.4. The van der Waals surface area contributed by atoms with Crippen molar-refractivity contribution in [3.05, 3.63) is 64.9 Å². The van der Waals surface area contributed by atoms with Crippen molar-refractivity contribution in [2.24, 2.45) is 0 Å². The first kappa shape index (κ1) is 34.3. The van der Waals surface area contributed by atoms with Gasteiger partial charge >= 0.3 is 7.82 Å². The SMILES string of the molecule is CCOP(=O)(OCC)OC[C@@]12CC(C(=O)Nc3cccc(Br)n3)N(C(=O)Cn3nc(C(C)=O)c4cc(-c5cnc(C)nc5)ccc43)[C@@H]1S2. The van der Waals surface area contributed by atoms with Crippen molar-refractivity contribution in [1.82, 2.24) is 29.6 Å². The number of ketones is 1. The molecule has 2 aliphatic rings. The maximum Gasteiger partial charge on any atom is 0.474 e. The van der Waals surface area contributed by atoms with Gasteiger partial charge in [0.2, 0.25) is 11.8 Å². The van der Waals surface area contributed by atoms with E-state index in [1.54, 1.807) is 57.4 Å². The molecule has 0 saturated carbocycles. The van der Waals surface area contributed by atoms with Crippen molar-refractivity contribution < 1.29 is 32.5 Å². The number of halogens is 1. The summed E-state index contributed by atoms with van der Waals surface area (Å²) in [6, 6.07) is 9.71. The van der Waals surface area contributed by atoms with Crippen molar-refractivity contribution >= 4 is 69.8 Å². The minimum atomic E-state index is -3.84. The highest BCUT2D eigenvalue weighted by Crippen LogP contribution is 2.65. The fourth-order valence-corrected chi connectivity index (χ4v) is 8.81. The summed E-state index contributed by atoms with van der Waals surface area (Å²) in [5, 5.41) is 7.48. The summed E-state index contributed by atoms with van der Waals surface area (Å²) in [6.07, 6.45) is 3.64. The molecule has 14 nitrogen and oxygen atoms in total. The molecule has 2 aliphatic heterocycles. The first-order chi connectivity index (χ1) is 23.0. The Kier molecular flexibility index (Phi) is 9.85. The second-order valence-corrected chi connectivity index (χ2v) is 15.2. The molecule has 0 spiro atoms. The fourth-order valence-electron chi connectivity index (χ4n) is 5.72. The van der Waals surface area contributed by atoms with Crippen LogP contribution in [0, 0.1) is 6.92 Å². The third-order valence-corrected chi connectivity index (χ3v) is 11.6. The number of anilines is 1. The zero-order valence-corrected chi connectivity index (χ0v) is 29.9. The summed E-state index contributed by atoms with van der Waals surface area (Å²) in [5.74, 6) is -0.123. The van der Waals surface area contributed by atoms with Gasteiger partial charge in [0.25, 0.3) is 0 Å². The molecule has 48 heavy (non-hydrogen) atoms. The molecular weight excluding hydrogens is 725 g/mol. The van der Waals surface area contributed by atoms with Gasteiger partial charge < -0.3 is 10.2 Å². The topological polar surface area (TPSA) is 168 Å². The molecule has 2 amide bonds. The molecule has 2 fully saturated rings. The number of fused-ring (bicyclic) bond motifs is 2. The Bertz CT molecular complexity index is 1930. The van der Waals surface area contributed by atoms with Crippen molar-refractivity contribution in [2.75, 3.05) is 25.1 Å². The number of phosphoric ester groups is 1. The Labute approximate surface area is 289 Å². The molecule has 2 saturated heterocycles. The average molecular weight is 759 g/mol. The van der Waals surface area contributed by atoms with Crippen LogP contribution in [-0.2, 0) is 34.3 Å². The van der Waals surface area contributed by atoms with E-state index >= 15 is 0 Å². The quantitative estimate of drug-likeness (QED) is 0.0798. The van der Waals surface area contributed by atoms with Crippen molar-refractivity contribution in [3.63, 3.8) is 0 Å². The summed E-state index contributed by atoms with van der Waals surface area (Å²) in [6.45, 7) is 6.53.